The van der Waals surface area contributed by atoms with E-state index in [0.29, 0.717) is 32.4 Å². The molecular weight excluding hydrogens is 406 g/mol. The number of benzene rings is 1. The maximum absolute atomic E-state index is 12.5. The third-order valence-corrected chi connectivity index (χ3v) is 6.45. The van der Waals surface area contributed by atoms with Crippen LogP contribution in [0.3, 0.4) is 0 Å². The molecule has 1 aromatic rings. The van der Waals surface area contributed by atoms with Crippen LogP contribution < -0.4 is 20.7 Å². The molecule has 1 saturated carbocycles. The average molecular weight is 438 g/mol. The van der Waals surface area contributed by atoms with Crippen molar-refractivity contribution in [2.45, 2.75) is 50.0 Å². The number of rotatable bonds is 0. The van der Waals surface area contributed by atoms with Gasteiger partial charge in [-0.2, -0.15) is 0 Å². The molecule has 3 N–H and O–H groups in total. The van der Waals surface area contributed by atoms with Gasteiger partial charge >= 0.3 is 0 Å². The minimum Gasteiger partial charge on any atom is -0.488 e. The van der Waals surface area contributed by atoms with E-state index in [4.69, 9.17) is 4.74 Å². The van der Waals surface area contributed by atoms with Crippen LogP contribution in [0, 0.1) is 0 Å². The molecule has 2 amide bonds. The van der Waals surface area contributed by atoms with Crippen molar-refractivity contribution in [2.24, 2.45) is 0 Å². The topological polar surface area (TPSA) is 96.5 Å². The Kier molecular flexibility index (Phi) is 7.05. The predicted molar refractivity (Wildman–Crippen MR) is 122 cm³/mol. The molecule has 4 rings (SSSR count). The van der Waals surface area contributed by atoms with E-state index < -0.39 is 5.41 Å². The molecule has 2 heterocycles. The maximum atomic E-state index is 12.5. The van der Waals surface area contributed by atoms with Gasteiger partial charge in [0.25, 0.3) is 0 Å². The van der Waals surface area contributed by atoms with Gasteiger partial charge in [0.1, 0.15) is 17.6 Å². The van der Waals surface area contributed by atoms with Crippen molar-refractivity contribution in [3.05, 3.63) is 47.6 Å². The molecule has 2 bridgehead atoms. The van der Waals surface area contributed by atoms with Crippen molar-refractivity contribution in [2.75, 3.05) is 26.2 Å². The highest BCUT2D eigenvalue weighted by Crippen LogP contribution is 2.51. The second-order valence-electron chi connectivity index (χ2n) is 8.70. The van der Waals surface area contributed by atoms with E-state index >= 15 is 0 Å². The number of nitrogens with one attached hydrogen (secondary N) is 3. The summed E-state index contributed by atoms with van der Waals surface area (Å²) < 4.78 is 6.16. The summed E-state index contributed by atoms with van der Waals surface area (Å²) in [5.74, 6) is 0.675. The van der Waals surface area contributed by atoms with Crippen LogP contribution in [0.25, 0.3) is 6.08 Å². The first kappa shape index (κ1) is 22.3. The molecule has 3 aliphatic rings. The highest BCUT2D eigenvalue weighted by atomic mass is 16.5. The fourth-order valence-corrected chi connectivity index (χ4v) is 4.66. The minimum absolute atomic E-state index is 0.114. The second-order valence-corrected chi connectivity index (χ2v) is 8.70. The summed E-state index contributed by atoms with van der Waals surface area (Å²) in [6.07, 6.45) is 10.7. The lowest BCUT2D eigenvalue weighted by molar-refractivity contribution is -0.123. The Bertz CT molecular complexity index is 939. The zero-order valence-electron chi connectivity index (χ0n) is 18.3. The Morgan fingerprint density at radius 2 is 1.62 bits per heavy atom. The Morgan fingerprint density at radius 1 is 0.875 bits per heavy atom. The summed E-state index contributed by atoms with van der Waals surface area (Å²) in [6.45, 7) is 2.96. The fourth-order valence-electron chi connectivity index (χ4n) is 4.66. The van der Waals surface area contributed by atoms with Gasteiger partial charge < -0.3 is 20.7 Å². The molecule has 2 aliphatic heterocycles. The van der Waals surface area contributed by atoms with E-state index in [2.05, 4.69) is 16.0 Å². The van der Waals surface area contributed by atoms with Gasteiger partial charge in [-0.15, -0.1) is 0 Å². The number of carbonyl (C=O) groups excluding carboxylic acids is 3. The van der Waals surface area contributed by atoms with Crippen molar-refractivity contribution < 1.29 is 19.1 Å². The zero-order chi connectivity index (χ0) is 22.4. The molecule has 0 aromatic heterocycles. The van der Waals surface area contributed by atoms with Gasteiger partial charge in [-0.05, 0) is 68.6 Å². The van der Waals surface area contributed by atoms with Gasteiger partial charge in [-0.25, -0.2) is 0 Å². The lowest BCUT2D eigenvalue weighted by atomic mass is 9.68. The average Bonchev–Trinajstić information content (AvgIpc) is 3.10. The van der Waals surface area contributed by atoms with Crippen LogP contribution in [-0.2, 0) is 19.8 Å². The Labute approximate surface area is 188 Å². The lowest BCUT2D eigenvalue weighted by Gasteiger charge is -2.35. The van der Waals surface area contributed by atoms with Crippen LogP contribution in [0.15, 0.2) is 36.4 Å². The predicted octanol–water partition coefficient (Wildman–Crippen LogP) is 2.01. The van der Waals surface area contributed by atoms with E-state index in [-0.39, 0.29) is 23.7 Å². The Morgan fingerprint density at radius 3 is 2.50 bits per heavy atom. The lowest BCUT2D eigenvalue weighted by Crippen LogP contribution is -2.42. The standard InChI is InChI=1S/C25H31N3O4/c29-19-8-10-25-11-9-24(31)28-15-3-13-26-12-1-2-14-27-23(30)7-5-18-4-6-21(20(25)16-18)32-22(25)17-19/h4-7,9,11,16,22,26H,1-3,8,10,12-15,17H2,(H,27,30)(H,28,31)/b7-5-,11-9-. The molecule has 0 saturated heterocycles. The molecule has 32 heavy (non-hydrogen) atoms. The summed E-state index contributed by atoms with van der Waals surface area (Å²) in [5.41, 5.74) is 1.34. The fraction of sp³-hybridized carbons (Fsp3) is 0.480. The van der Waals surface area contributed by atoms with E-state index in [9.17, 15) is 14.4 Å². The zero-order valence-corrected chi connectivity index (χ0v) is 18.3. The molecule has 170 valence electrons. The summed E-state index contributed by atoms with van der Waals surface area (Å²) >= 11 is 0. The van der Waals surface area contributed by atoms with Crippen LogP contribution in [0.2, 0.25) is 0 Å². The van der Waals surface area contributed by atoms with Crippen LogP contribution in [0.5, 0.6) is 5.75 Å². The molecule has 2 atom stereocenters. The number of ether oxygens (including phenoxy) is 1. The van der Waals surface area contributed by atoms with E-state index in [1.807, 2.05) is 24.3 Å². The molecule has 1 spiro atoms. The van der Waals surface area contributed by atoms with Gasteiger partial charge in [0.15, 0.2) is 0 Å². The summed E-state index contributed by atoms with van der Waals surface area (Å²) in [5, 5.41) is 9.23. The summed E-state index contributed by atoms with van der Waals surface area (Å²) in [7, 11) is 0. The third kappa shape index (κ3) is 5.10. The molecule has 7 heteroatoms. The number of fused-ring (bicyclic) bond motifs is 1. The number of hydrogen-bond donors (Lipinski definition) is 3. The summed E-state index contributed by atoms with van der Waals surface area (Å²) in [6, 6.07) is 5.81. The van der Waals surface area contributed by atoms with Gasteiger partial charge in [0, 0.05) is 37.6 Å². The van der Waals surface area contributed by atoms with Crippen molar-refractivity contribution in [1.82, 2.24) is 16.0 Å². The molecule has 1 aliphatic carbocycles. The first-order chi connectivity index (χ1) is 15.6. The van der Waals surface area contributed by atoms with E-state index in [0.717, 1.165) is 49.2 Å². The summed E-state index contributed by atoms with van der Waals surface area (Å²) in [4.78, 5) is 36.7. The first-order valence-corrected chi connectivity index (χ1v) is 11.5. The number of Topliss-reactive ketones (excluding diaryl/α,β-unsaturated/α-hetero) is 1. The smallest absolute Gasteiger partial charge is 0.243 e. The number of hydrogen-bond acceptors (Lipinski definition) is 5. The minimum atomic E-state index is -0.519. The number of ketones is 1. The largest absolute Gasteiger partial charge is 0.488 e. The molecular formula is C25H31N3O4. The Balaban J connectivity index is 1.62. The SMILES string of the molecule is O=C1CCC23/C=C\C(=O)NCCCNCCCCNC(=O)/C=C\c4ccc(c2c4)OC3C1. The monoisotopic (exact) mass is 437 g/mol. The second kappa shape index (κ2) is 10.1. The third-order valence-electron chi connectivity index (χ3n) is 6.45. The van der Waals surface area contributed by atoms with Crippen molar-refractivity contribution in [3.63, 3.8) is 0 Å². The van der Waals surface area contributed by atoms with Crippen LogP contribution in [0.4, 0.5) is 0 Å². The van der Waals surface area contributed by atoms with E-state index in [1.54, 1.807) is 18.2 Å². The van der Waals surface area contributed by atoms with Gasteiger partial charge in [-0.3, -0.25) is 14.4 Å². The molecule has 0 radical (unpaired) electrons. The number of carbonyl (C=O) groups is 3. The van der Waals surface area contributed by atoms with E-state index in [1.165, 1.54) is 0 Å². The van der Waals surface area contributed by atoms with Crippen molar-refractivity contribution in [3.8, 4) is 5.75 Å². The normalized spacial score (nSPS) is 29.1. The van der Waals surface area contributed by atoms with Gasteiger partial charge in [-0.1, -0.05) is 12.1 Å². The molecule has 1 fully saturated rings. The molecule has 7 nitrogen and oxygen atoms in total. The number of amides is 2. The van der Waals surface area contributed by atoms with Crippen LogP contribution in [0.1, 0.15) is 49.7 Å². The van der Waals surface area contributed by atoms with Gasteiger partial charge in [0.05, 0.1) is 5.41 Å². The quantitative estimate of drug-likeness (QED) is 0.577. The van der Waals surface area contributed by atoms with Crippen molar-refractivity contribution in [1.29, 1.82) is 0 Å². The highest BCUT2D eigenvalue weighted by molar-refractivity contribution is 5.92. The first-order valence-electron chi connectivity index (χ1n) is 11.5. The molecule has 2 unspecified atom stereocenters. The Hall–Kier alpha value is -2.93. The van der Waals surface area contributed by atoms with Crippen LogP contribution in [-0.4, -0.2) is 49.9 Å². The maximum Gasteiger partial charge on any atom is 0.243 e. The van der Waals surface area contributed by atoms with Crippen molar-refractivity contribution >= 4 is 23.7 Å². The highest BCUT2D eigenvalue weighted by Gasteiger charge is 2.50. The van der Waals surface area contributed by atoms with Gasteiger partial charge in [0.2, 0.25) is 11.8 Å². The molecule has 1 aromatic carbocycles. The van der Waals surface area contributed by atoms with Crippen LogP contribution >= 0.6 is 0 Å².